The third kappa shape index (κ3) is 3.31. The summed E-state index contributed by atoms with van der Waals surface area (Å²) in [6.45, 7) is 3.24. The molecule has 2 aromatic heterocycles. The minimum atomic E-state index is -4.57. The zero-order valence-electron chi connectivity index (χ0n) is 13.1. The van der Waals surface area contributed by atoms with Crippen LogP contribution in [0.15, 0.2) is 12.1 Å². The van der Waals surface area contributed by atoms with Crippen molar-refractivity contribution in [2.24, 2.45) is 5.92 Å². The van der Waals surface area contributed by atoms with Crippen LogP contribution in [0, 0.1) is 5.92 Å². The summed E-state index contributed by atoms with van der Waals surface area (Å²) < 4.78 is 39.5. The minimum Gasteiger partial charge on any atom is -0.366 e. The summed E-state index contributed by atoms with van der Waals surface area (Å²) in [5.74, 6) is 0.210. The van der Waals surface area contributed by atoms with Crippen molar-refractivity contribution < 1.29 is 13.2 Å². The highest BCUT2D eigenvalue weighted by molar-refractivity contribution is 5.44. The number of piperidine rings is 1. The zero-order chi connectivity index (χ0) is 16.7. The largest absolute Gasteiger partial charge is 0.453 e. The van der Waals surface area contributed by atoms with Crippen molar-refractivity contribution in [3.63, 3.8) is 0 Å². The molecule has 0 unspecified atom stereocenters. The van der Waals surface area contributed by atoms with Crippen LogP contribution in [0.5, 0.6) is 0 Å². The van der Waals surface area contributed by atoms with Gasteiger partial charge in [-0.05, 0) is 43.7 Å². The molecule has 2 fully saturated rings. The molecule has 0 spiro atoms. The molecule has 0 aromatic carbocycles. The van der Waals surface area contributed by atoms with E-state index in [-0.39, 0.29) is 11.7 Å². The highest BCUT2D eigenvalue weighted by atomic mass is 19.4. The Morgan fingerprint density at radius 1 is 1.08 bits per heavy atom. The van der Waals surface area contributed by atoms with Crippen molar-refractivity contribution >= 4 is 11.5 Å². The Morgan fingerprint density at radius 2 is 1.83 bits per heavy atom. The number of likely N-dealkylation sites (tertiary alicyclic amines) is 1. The monoisotopic (exact) mass is 340 g/mol. The van der Waals surface area contributed by atoms with Gasteiger partial charge in [0.25, 0.3) is 5.82 Å². The molecule has 0 amide bonds. The van der Waals surface area contributed by atoms with Crippen LogP contribution in [0.25, 0.3) is 5.65 Å². The molecule has 1 aliphatic heterocycles. The Balaban J connectivity index is 1.43. The van der Waals surface area contributed by atoms with Crippen molar-refractivity contribution in [1.29, 1.82) is 0 Å². The van der Waals surface area contributed by atoms with Gasteiger partial charge < -0.3 is 10.2 Å². The van der Waals surface area contributed by atoms with E-state index >= 15 is 0 Å². The van der Waals surface area contributed by atoms with E-state index in [0.717, 1.165) is 36.4 Å². The number of alkyl halides is 3. The fourth-order valence-corrected chi connectivity index (χ4v) is 3.18. The molecule has 0 radical (unpaired) electrons. The van der Waals surface area contributed by atoms with Crippen LogP contribution in [0.1, 0.15) is 31.5 Å². The number of nitrogens with one attached hydrogen (secondary N) is 1. The first-order chi connectivity index (χ1) is 11.5. The first-order valence-electron chi connectivity index (χ1n) is 8.27. The normalized spacial score (nSPS) is 20.6. The Morgan fingerprint density at radius 3 is 2.50 bits per heavy atom. The van der Waals surface area contributed by atoms with Crippen molar-refractivity contribution in [2.45, 2.75) is 37.9 Å². The Bertz CT molecular complexity index is 716. The lowest BCUT2D eigenvalue weighted by molar-refractivity contribution is -0.146. The van der Waals surface area contributed by atoms with Gasteiger partial charge in [0.2, 0.25) is 0 Å². The van der Waals surface area contributed by atoms with Gasteiger partial charge in [0.1, 0.15) is 5.82 Å². The Hall–Kier alpha value is -1.90. The molecule has 1 saturated heterocycles. The summed E-state index contributed by atoms with van der Waals surface area (Å²) in [6.07, 6.45) is 0.0753. The van der Waals surface area contributed by atoms with E-state index in [1.807, 2.05) is 0 Å². The third-order valence-corrected chi connectivity index (χ3v) is 4.67. The summed E-state index contributed by atoms with van der Waals surface area (Å²) in [6, 6.07) is 3.39. The van der Waals surface area contributed by atoms with Crippen LogP contribution >= 0.6 is 0 Å². The summed E-state index contributed by atoms with van der Waals surface area (Å²) in [4.78, 5) is 2.48. The predicted octanol–water partition coefficient (Wildman–Crippen LogP) is 2.43. The van der Waals surface area contributed by atoms with Crippen molar-refractivity contribution in [2.75, 3.05) is 25.0 Å². The molecule has 2 aromatic rings. The number of hydrogen-bond acceptors (Lipinski definition) is 5. The number of fused-ring (bicyclic) bond motifs is 1. The maximum Gasteiger partial charge on any atom is 0.453 e. The first-order valence-corrected chi connectivity index (χ1v) is 8.27. The number of aromatic nitrogens is 4. The average molecular weight is 340 g/mol. The van der Waals surface area contributed by atoms with E-state index in [4.69, 9.17) is 0 Å². The van der Waals surface area contributed by atoms with Gasteiger partial charge in [-0.1, -0.05) is 0 Å². The molecule has 1 saturated carbocycles. The van der Waals surface area contributed by atoms with E-state index in [1.165, 1.54) is 25.5 Å². The van der Waals surface area contributed by atoms with Crippen LogP contribution in [0.3, 0.4) is 0 Å². The lowest BCUT2D eigenvalue weighted by atomic mass is 10.0. The summed E-state index contributed by atoms with van der Waals surface area (Å²) >= 11 is 0. The molecule has 24 heavy (non-hydrogen) atoms. The van der Waals surface area contributed by atoms with E-state index in [1.54, 1.807) is 6.07 Å². The molecule has 0 atom stereocenters. The molecule has 1 N–H and O–H groups in total. The molecule has 6 nitrogen and oxygen atoms in total. The topological polar surface area (TPSA) is 58.4 Å². The van der Waals surface area contributed by atoms with Crippen LogP contribution in [0.2, 0.25) is 0 Å². The number of rotatable bonds is 4. The fraction of sp³-hybridized carbons (Fsp3) is 0.667. The lowest BCUT2D eigenvalue weighted by Crippen LogP contribution is -2.40. The molecule has 130 valence electrons. The van der Waals surface area contributed by atoms with Gasteiger partial charge in [0.15, 0.2) is 5.65 Å². The van der Waals surface area contributed by atoms with Crippen LogP contribution in [0.4, 0.5) is 19.0 Å². The van der Waals surface area contributed by atoms with Gasteiger partial charge in [-0.15, -0.1) is 15.3 Å². The molecule has 0 bridgehead atoms. The SMILES string of the molecule is FC(F)(F)c1nnc2ccc(NC3CCN(CC4CC4)CC3)nn12. The summed E-state index contributed by atoms with van der Waals surface area (Å²) in [7, 11) is 0. The smallest absolute Gasteiger partial charge is 0.366 e. The van der Waals surface area contributed by atoms with E-state index < -0.39 is 12.0 Å². The van der Waals surface area contributed by atoms with Gasteiger partial charge in [-0.25, -0.2) is 0 Å². The second kappa shape index (κ2) is 5.87. The molecule has 1 aliphatic carbocycles. The maximum absolute atomic E-state index is 12.9. The van der Waals surface area contributed by atoms with Crippen molar-refractivity contribution in [1.82, 2.24) is 24.7 Å². The first kappa shape index (κ1) is 15.6. The van der Waals surface area contributed by atoms with Gasteiger partial charge >= 0.3 is 6.18 Å². The summed E-state index contributed by atoms with van der Waals surface area (Å²) in [5.41, 5.74) is 0.0899. The average Bonchev–Trinajstić information content (AvgIpc) is 3.23. The maximum atomic E-state index is 12.9. The Kier molecular flexibility index (Phi) is 3.82. The van der Waals surface area contributed by atoms with E-state index in [9.17, 15) is 13.2 Å². The van der Waals surface area contributed by atoms with Gasteiger partial charge in [0.05, 0.1) is 0 Å². The zero-order valence-corrected chi connectivity index (χ0v) is 13.1. The number of anilines is 1. The highest BCUT2D eigenvalue weighted by Gasteiger charge is 2.37. The van der Waals surface area contributed by atoms with Crippen LogP contribution in [-0.4, -0.2) is 50.4 Å². The quantitative estimate of drug-likeness (QED) is 0.926. The third-order valence-electron chi connectivity index (χ3n) is 4.67. The lowest BCUT2D eigenvalue weighted by Gasteiger charge is -2.32. The number of halogens is 3. The molecule has 4 rings (SSSR count). The molecule has 9 heteroatoms. The highest BCUT2D eigenvalue weighted by Crippen LogP contribution is 2.31. The van der Waals surface area contributed by atoms with Crippen LogP contribution < -0.4 is 5.32 Å². The molecular weight excluding hydrogens is 321 g/mol. The van der Waals surface area contributed by atoms with E-state index in [0.29, 0.717) is 5.82 Å². The van der Waals surface area contributed by atoms with Gasteiger partial charge in [-0.2, -0.15) is 17.7 Å². The van der Waals surface area contributed by atoms with Crippen LogP contribution in [-0.2, 0) is 6.18 Å². The van der Waals surface area contributed by atoms with Gasteiger partial charge in [0, 0.05) is 25.7 Å². The second-order valence-corrected chi connectivity index (χ2v) is 6.67. The van der Waals surface area contributed by atoms with Gasteiger partial charge in [-0.3, -0.25) is 0 Å². The molecule has 2 aliphatic rings. The Labute approximate surface area is 137 Å². The van der Waals surface area contributed by atoms with Crippen molar-refractivity contribution in [3.05, 3.63) is 18.0 Å². The van der Waals surface area contributed by atoms with Crippen molar-refractivity contribution in [3.8, 4) is 0 Å². The second-order valence-electron chi connectivity index (χ2n) is 6.67. The number of nitrogens with zero attached hydrogens (tertiary/aromatic N) is 5. The molecular formula is C15H19F3N6. The fourth-order valence-electron chi connectivity index (χ4n) is 3.18. The molecule has 3 heterocycles. The standard InChI is InChI=1S/C15H19F3N6/c16-15(17,18)14-21-20-13-4-3-12(22-24(13)14)19-11-5-7-23(8-6-11)9-10-1-2-10/h3-4,10-11H,1-2,5-9H2,(H,19,22). The number of hydrogen-bond donors (Lipinski definition) is 1. The van der Waals surface area contributed by atoms with E-state index in [2.05, 4.69) is 25.5 Å². The predicted molar refractivity (Wildman–Crippen MR) is 81.6 cm³/mol. The summed E-state index contributed by atoms with van der Waals surface area (Å²) in [5, 5.41) is 14.0. The minimum absolute atomic E-state index is 0.0899.